The van der Waals surface area contributed by atoms with E-state index in [-0.39, 0.29) is 0 Å². The monoisotopic (exact) mass is 296 g/mol. The highest BCUT2D eigenvalue weighted by Gasteiger charge is 2.22. The Morgan fingerprint density at radius 2 is 1.62 bits per heavy atom. The average Bonchev–Trinajstić information content (AvgIpc) is 2.02. The predicted molar refractivity (Wildman–Crippen MR) is 52.1 cm³/mol. The molecule has 0 saturated carbocycles. The molecule has 0 atom stereocenters. The van der Waals surface area contributed by atoms with Gasteiger partial charge in [0.05, 0.1) is 0 Å². The lowest BCUT2D eigenvalue weighted by Gasteiger charge is -1.93. The van der Waals surface area contributed by atoms with Crippen molar-refractivity contribution in [2.45, 2.75) is 6.18 Å². The van der Waals surface area contributed by atoms with Crippen molar-refractivity contribution in [2.24, 2.45) is 0 Å². The van der Waals surface area contributed by atoms with Crippen molar-refractivity contribution >= 4 is 22.6 Å². The summed E-state index contributed by atoms with van der Waals surface area (Å²) in [5.74, 6) is 3.24. The Morgan fingerprint density at radius 3 is 2.08 bits per heavy atom. The summed E-state index contributed by atoms with van der Waals surface area (Å²) in [6, 6.07) is 6.53. The van der Waals surface area contributed by atoms with Crippen LogP contribution in [0.3, 0.4) is 0 Å². The zero-order valence-corrected chi connectivity index (χ0v) is 8.48. The van der Waals surface area contributed by atoms with Gasteiger partial charge in [0.15, 0.2) is 0 Å². The van der Waals surface area contributed by atoms with Gasteiger partial charge >= 0.3 is 6.18 Å². The van der Waals surface area contributed by atoms with E-state index in [0.717, 1.165) is 3.57 Å². The van der Waals surface area contributed by atoms with E-state index in [1.807, 2.05) is 5.92 Å². The van der Waals surface area contributed by atoms with Gasteiger partial charge in [-0.2, -0.15) is 13.2 Å². The van der Waals surface area contributed by atoms with Gasteiger partial charge in [0, 0.05) is 15.1 Å². The minimum Gasteiger partial charge on any atom is -0.159 e. The van der Waals surface area contributed by atoms with Gasteiger partial charge in [0.2, 0.25) is 0 Å². The summed E-state index contributed by atoms with van der Waals surface area (Å²) in [7, 11) is 0. The van der Waals surface area contributed by atoms with Gasteiger partial charge in [-0.1, -0.05) is 5.92 Å². The number of hydrogen-bond acceptors (Lipinski definition) is 0. The Bertz CT molecular complexity index is 340. The molecular weight excluding hydrogens is 292 g/mol. The van der Waals surface area contributed by atoms with Crippen LogP contribution in [-0.4, -0.2) is 6.18 Å². The minimum absolute atomic E-state index is 0.373. The first-order valence-corrected chi connectivity index (χ1v) is 4.41. The second-order valence-corrected chi connectivity index (χ2v) is 3.50. The number of halogens is 4. The van der Waals surface area contributed by atoms with Crippen LogP contribution in [0.25, 0.3) is 0 Å². The molecule has 1 aromatic carbocycles. The van der Waals surface area contributed by atoms with Crippen LogP contribution in [-0.2, 0) is 0 Å². The molecule has 0 aliphatic rings. The Hall–Kier alpha value is -0.700. The molecule has 0 fully saturated rings. The second-order valence-electron chi connectivity index (χ2n) is 2.25. The predicted octanol–water partition coefficient (Wildman–Crippen LogP) is 3.21. The van der Waals surface area contributed by atoms with Crippen LogP contribution < -0.4 is 0 Å². The Morgan fingerprint density at radius 1 is 1.08 bits per heavy atom. The molecule has 0 radical (unpaired) electrons. The second kappa shape index (κ2) is 4.01. The standard InChI is InChI=1S/C9H4F3I/c10-9(11,12)6-5-7-1-3-8(13)4-2-7/h1-4H. The molecule has 1 rings (SSSR count). The molecule has 4 heteroatoms. The average molecular weight is 296 g/mol. The van der Waals surface area contributed by atoms with E-state index in [0.29, 0.717) is 5.56 Å². The Kier molecular flexibility index (Phi) is 3.20. The van der Waals surface area contributed by atoms with Crippen molar-refractivity contribution < 1.29 is 13.2 Å². The van der Waals surface area contributed by atoms with Crippen molar-refractivity contribution in [3.05, 3.63) is 33.4 Å². The van der Waals surface area contributed by atoms with E-state index in [9.17, 15) is 13.2 Å². The first kappa shape index (κ1) is 10.4. The lowest BCUT2D eigenvalue weighted by molar-refractivity contribution is -0.0696. The van der Waals surface area contributed by atoms with Gasteiger partial charge < -0.3 is 0 Å². The fourth-order valence-electron chi connectivity index (χ4n) is 0.676. The number of benzene rings is 1. The quantitative estimate of drug-likeness (QED) is 0.509. The van der Waals surface area contributed by atoms with Crippen molar-refractivity contribution in [1.82, 2.24) is 0 Å². The zero-order valence-electron chi connectivity index (χ0n) is 6.32. The highest BCUT2D eigenvalue weighted by atomic mass is 127. The van der Waals surface area contributed by atoms with E-state index in [4.69, 9.17) is 0 Å². The van der Waals surface area contributed by atoms with Crippen LogP contribution in [0.5, 0.6) is 0 Å². The molecule has 0 amide bonds. The topological polar surface area (TPSA) is 0 Å². The molecule has 0 bridgehead atoms. The van der Waals surface area contributed by atoms with E-state index in [2.05, 4.69) is 22.6 Å². The van der Waals surface area contributed by atoms with Crippen LogP contribution >= 0.6 is 22.6 Å². The molecule has 68 valence electrons. The molecule has 0 unspecified atom stereocenters. The zero-order chi connectivity index (χ0) is 9.90. The van der Waals surface area contributed by atoms with E-state index in [1.165, 1.54) is 5.92 Å². The Balaban J connectivity index is 2.85. The maximum Gasteiger partial charge on any atom is 0.458 e. The van der Waals surface area contributed by atoms with Gasteiger partial charge in [-0.05, 0) is 46.9 Å². The third-order valence-corrected chi connectivity index (χ3v) is 1.91. The summed E-state index contributed by atoms with van der Waals surface area (Å²) in [5.41, 5.74) is 0.373. The fraction of sp³-hybridized carbons (Fsp3) is 0.111. The third kappa shape index (κ3) is 4.18. The summed E-state index contributed by atoms with van der Waals surface area (Å²) in [6.45, 7) is 0. The number of hydrogen-bond donors (Lipinski definition) is 0. The lowest BCUT2D eigenvalue weighted by Crippen LogP contribution is -2.01. The minimum atomic E-state index is -4.41. The van der Waals surface area contributed by atoms with Crippen LogP contribution in [0.15, 0.2) is 24.3 Å². The molecule has 1 aromatic rings. The molecule has 0 saturated heterocycles. The van der Waals surface area contributed by atoms with Crippen molar-refractivity contribution in [2.75, 3.05) is 0 Å². The molecule has 0 N–H and O–H groups in total. The summed E-state index contributed by atoms with van der Waals surface area (Å²) < 4.78 is 35.9. The number of rotatable bonds is 0. The fourth-order valence-corrected chi connectivity index (χ4v) is 1.04. The lowest BCUT2D eigenvalue weighted by atomic mass is 10.2. The van der Waals surface area contributed by atoms with Gasteiger partial charge in [-0.3, -0.25) is 0 Å². The smallest absolute Gasteiger partial charge is 0.159 e. The van der Waals surface area contributed by atoms with E-state index in [1.54, 1.807) is 24.3 Å². The van der Waals surface area contributed by atoms with Crippen LogP contribution in [0.1, 0.15) is 5.56 Å². The van der Waals surface area contributed by atoms with E-state index < -0.39 is 6.18 Å². The van der Waals surface area contributed by atoms with Crippen molar-refractivity contribution in [3.63, 3.8) is 0 Å². The largest absolute Gasteiger partial charge is 0.458 e. The highest BCUT2D eigenvalue weighted by Crippen LogP contribution is 2.13. The molecule has 0 aliphatic carbocycles. The van der Waals surface area contributed by atoms with Crippen molar-refractivity contribution in [1.29, 1.82) is 0 Å². The van der Waals surface area contributed by atoms with Gasteiger partial charge in [-0.25, -0.2) is 0 Å². The van der Waals surface area contributed by atoms with E-state index >= 15 is 0 Å². The van der Waals surface area contributed by atoms with Crippen LogP contribution in [0.2, 0.25) is 0 Å². The summed E-state index contributed by atoms with van der Waals surface area (Å²) in [4.78, 5) is 0. The summed E-state index contributed by atoms with van der Waals surface area (Å²) in [6.07, 6.45) is -4.41. The molecule has 0 nitrogen and oxygen atoms in total. The van der Waals surface area contributed by atoms with Gasteiger partial charge in [0.1, 0.15) is 0 Å². The third-order valence-electron chi connectivity index (χ3n) is 1.19. The maximum atomic E-state index is 11.6. The number of alkyl halides is 3. The molecule has 0 heterocycles. The Labute approximate surface area is 87.3 Å². The molecule has 0 aromatic heterocycles. The SMILES string of the molecule is FC(F)(F)C#Cc1ccc(I)cc1. The maximum absolute atomic E-state index is 11.6. The van der Waals surface area contributed by atoms with Crippen LogP contribution in [0.4, 0.5) is 13.2 Å². The summed E-state index contributed by atoms with van der Waals surface area (Å²) >= 11 is 2.07. The molecule has 0 aliphatic heterocycles. The molecular formula is C9H4F3I. The summed E-state index contributed by atoms with van der Waals surface area (Å²) in [5, 5.41) is 0. The normalized spacial score (nSPS) is 10.5. The van der Waals surface area contributed by atoms with Gasteiger partial charge in [0.25, 0.3) is 0 Å². The van der Waals surface area contributed by atoms with Crippen LogP contribution in [0, 0.1) is 15.4 Å². The molecule has 0 spiro atoms. The van der Waals surface area contributed by atoms with Gasteiger partial charge in [-0.15, -0.1) is 0 Å². The first-order valence-electron chi connectivity index (χ1n) is 3.33. The highest BCUT2D eigenvalue weighted by molar-refractivity contribution is 14.1. The first-order chi connectivity index (χ1) is 5.97. The van der Waals surface area contributed by atoms with Crippen molar-refractivity contribution in [3.8, 4) is 11.8 Å². The molecule has 13 heavy (non-hydrogen) atoms.